The molecule has 0 saturated heterocycles. The third-order valence-corrected chi connectivity index (χ3v) is 3.01. The molecule has 0 unspecified atom stereocenters. The Hall–Kier alpha value is -0.810. The van der Waals surface area contributed by atoms with E-state index in [0.29, 0.717) is 17.3 Å². The highest BCUT2D eigenvalue weighted by atomic mass is 32.2. The minimum atomic E-state index is -0.574. The third-order valence-electron chi connectivity index (χ3n) is 1.42. The number of thioether (sulfide) groups is 1. The molecule has 0 aliphatic carbocycles. The molecule has 70 valence electrons. The van der Waals surface area contributed by atoms with E-state index < -0.39 is 5.30 Å². The second kappa shape index (κ2) is 4.43. The van der Waals surface area contributed by atoms with Crippen LogP contribution < -0.4 is 0 Å². The Morgan fingerprint density at radius 2 is 2.23 bits per heavy atom. The molecule has 0 saturated carbocycles. The van der Waals surface area contributed by atoms with Crippen LogP contribution in [-0.2, 0) is 4.74 Å². The van der Waals surface area contributed by atoms with E-state index in [1.807, 2.05) is 12.3 Å². The summed E-state index contributed by atoms with van der Waals surface area (Å²) in [5, 5.41) is 0.988. The van der Waals surface area contributed by atoms with Crippen molar-refractivity contribution in [2.45, 2.75) is 6.92 Å². The molecule has 1 heterocycles. The number of carbonyl (C=O) groups excluding carboxylic acids is 2. The quantitative estimate of drug-likeness (QED) is 0.677. The molecule has 0 fully saturated rings. The van der Waals surface area contributed by atoms with E-state index in [-0.39, 0.29) is 5.12 Å². The van der Waals surface area contributed by atoms with Crippen LogP contribution in [-0.4, -0.2) is 17.5 Å². The molecule has 0 aliphatic heterocycles. The number of rotatable bonds is 1. The van der Waals surface area contributed by atoms with Gasteiger partial charge in [0.25, 0.3) is 0 Å². The lowest BCUT2D eigenvalue weighted by molar-refractivity contribution is 0.108. The van der Waals surface area contributed by atoms with Gasteiger partial charge in [-0.3, -0.25) is 4.79 Å². The number of ether oxygens (including phenoxy) is 1. The molecule has 0 amide bonds. The van der Waals surface area contributed by atoms with Gasteiger partial charge in [0.1, 0.15) is 0 Å². The Labute approximate surface area is 84.1 Å². The minimum Gasteiger partial charge on any atom is -0.461 e. The summed E-state index contributed by atoms with van der Waals surface area (Å²) in [6.07, 6.45) is 0. The number of thiophene rings is 1. The fraction of sp³-hybridized carbons (Fsp3) is 0.250. The van der Waals surface area contributed by atoms with Crippen LogP contribution in [0.2, 0.25) is 0 Å². The van der Waals surface area contributed by atoms with Crippen LogP contribution in [0.3, 0.4) is 0 Å². The summed E-state index contributed by atoms with van der Waals surface area (Å²) < 4.78 is 4.37. The lowest BCUT2D eigenvalue weighted by Gasteiger charge is -1.96. The largest absolute Gasteiger partial charge is 0.461 e. The average Bonchev–Trinajstić information content (AvgIpc) is 2.51. The second-order valence-electron chi connectivity index (χ2n) is 2.23. The van der Waals surface area contributed by atoms with E-state index in [1.54, 1.807) is 6.07 Å². The van der Waals surface area contributed by atoms with Crippen LogP contribution >= 0.6 is 23.1 Å². The maximum Gasteiger partial charge on any atom is 0.375 e. The summed E-state index contributed by atoms with van der Waals surface area (Å²) in [5.74, 6) is 0. The zero-order valence-electron chi connectivity index (χ0n) is 7.20. The van der Waals surface area contributed by atoms with Crippen molar-refractivity contribution in [2.75, 3.05) is 7.11 Å². The van der Waals surface area contributed by atoms with Crippen LogP contribution in [0.25, 0.3) is 0 Å². The summed E-state index contributed by atoms with van der Waals surface area (Å²) in [7, 11) is 1.25. The molecular formula is C8H8O3S2. The van der Waals surface area contributed by atoms with Gasteiger partial charge in [0.15, 0.2) is 0 Å². The lowest BCUT2D eigenvalue weighted by atomic mass is 10.3. The Kier molecular flexibility index (Phi) is 3.50. The molecule has 1 aromatic heterocycles. The highest BCUT2D eigenvalue weighted by Crippen LogP contribution is 2.21. The first-order valence-corrected chi connectivity index (χ1v) is 5.19. The highest BCUT2D eigenvalue weighted by Gasteiger charge is 2.15. The van der Waals surface area contributed by atoms with Crippen molar-refractivity contribution in [1.29, 1.82) is 0 Å². The number of aryl methyl sites for hydroxylation is 1. The predicted molar refractivity (Wildman–Crippen MR) is 53.4 cm³/mol. The topological polar surface area (TPSA) is 43.4 Å². The van der Waals surface area contributed by atoms with Gasteiger partial charge in [-0.15, -0.1) is 11.3 Å². The average molecular weight is 216 g/mol. The van der Waals surface area contributed by atoms with Gasteiger partial charge in [-0.1, -0.05) is 0 Å². The minimum absolute atomic E-state index is 0.259. The molecule has 0 aromatic carbocycles. The van der Waals surface area contributed by atoms with Crippen LogP contribution in [0.15, 0.2) is 11.4 Å². The summed E-state index contributed by atoms with van der Waals surface area (Å²) in [5.41, 5.74) is 0.584. The molecule has 0 spiro atoms. The fourth-order valence-electron chi connectivity index (χ4n) is 0.769. The maximum atomic E-state index is 11.4. The number of carbonyl (C=O) groups is 2. The van der Waals surface area contributed by atoms with Gasteiger partial charge in [0.05, 0.1) is 7.11 Å². The summed E-state index contributed by atoms with van der Waals surface area (Å²) in [6, 6.07) is 1.71. The monoisotopic (exact) mass is 216 g/mol. The van der Waals surface area contributed by atoms with Gasteiger partial charge >= 0.3 is 5.30 Å². The summed E-state index contributed by atoms with van der Waals surface area (Å²) >= 11 is 2.06. The van der Waals surface area contributed by atoms with Crippen LogP contribution in [0.5, 0.6) is 0 Å². The molecule has 0 N–H and O–H groups in total. The van der Waals surface area contributed by atoms with Crippen molar-refractivity contribution in [2.24, 2.45) is 0 Å². The summed E-state index contributed by atoms with van der Waals surface area (Å²) in [4.78, 5) is 23.0. The zero-order valence-corrected chi connectivity index (χ0v) is 8.83. The Morgan fingerprint density at radius 3 is 2.69 bits per heavy atom. The van der Waals surface area contributed by atoms with Crippen LogP contribution in [0.1, 0.15) is 15.2 Å². The SMILES string of the molecule is COC(=O)SC(=O)c1ccsc1C. The zero-order chi connectivity index (χ0) is 9.84. The number of hydrogen-bond donors (Lipinski definition) is 0. The maximum absolute atomic E-state index is 11.4. The van der Waals surface area contributed by atoms with Gasteiger partial charge < -0.3 is 4.74 Å². The molecule has 0 bridgehead atoms. The van der Waals surface area contributed by atoms with Gasteiger partial charge in [0.2, 0.25) is 5.12 Å². The molecule has 0 aliphatic rings. The van der Waals surface area contributed by atoms with Crippen molar-refractivity contribution in [3.63, 3.8) is 0 Å². The first-order valence-electron chi connectivity index (χ1n) is 3.49. The molecule has 1 aromatic rings. The molecule has 13 heavy (non-hydrogen) atoms. The van der Waals surface area contributed by atoms with E-state index in [4.69, 9.17) is 0 Å². The van der Waals surface area contributed by atoms with Crippen molar-refractivity contribution in [3.8, 4) is 0 Å². The van der Waals surface area contributed by atoms with Crippen molar-refractivity contribution in [1.82, 2.24) is 0 Å². The van der Waals surface area contributed by atoms with Gasteiger partial charge in [-0.2, -0.15) is 0 Å². The van der Waals surface area contributed by atoms with Crippen molar-refractivity contribution < 1.29 is 14.3 Å². The molecule has 1 rings (SSSR count). The normalized spacial score (nSPS) is 9.69. The van der Waals surface area contributed by atoms with E-state index in [0.717, 1.165) is 4.88 Å². The summed E-state index contributed by atoms with van der Waals surface area (Å²) in [6.45, 7) is 1.84. The standard InChI is InChI=1S/C8H8O3S2/c1-5-6(3-4-12-5)7(9)13-8(10)11-2/h3-4H,1-2H3. The lowest BCUT2D eigenvalue weighted by Crippen LogP contribution is -2.00. The van der Waals surface area contributed by atoms with Crippen LogP contribution in [0.4, 0.5) is 4.79 Å². The van der Waals surface area contributed by atoms with E-state index in [9.17, 15) is 9.59 Å². The first kappa shape index (κ1) is 10.3. The van der Waals surface area contributed by atoms with Gasteiger partial charge in [-0.25, -0.2) is 4.79 Å². The van der Waals surface area contributed by atoms with E-state index in [1.165, 1.54) is 18.4 Å². The molecule has 3 nitrogen and oxygen atoms in total. The van der Waals surface area contributed by atoms with E-state index >= 15 is 0 Å². The Balaban J connectivity index is 2.69. The van der Waals surface area contributed by atoms with Crippen molar-refractivity contribution >= 4 is 33.5 Å². The molecule has 5 heteroatoms. The first-order chi connectivity index (χ1) is 6.15. The molecule has 0 radical (unpaired) electrons. The van der Waals surface area contributed by atoms with Gasteiger partial charge in [-0.05, 0) is 18.4 Å². The third kappa shape index (κ3) is 2.57. The Bertz CT molecular complexity index is 330. The van der Waals surface area contributed by atoms with Crippen molar-refractivity contribution in [3.05, 3.63) is 21.9 Å². The molecular weight excluding hydrogens is 208 g/mol. The highest BCUT2D eigenvalue weighted by molar-refractivity contribution is 8.26. The number of methoxy groups -OCH3 is 1. The van der Waals surface area contributed by atoms with Gasteiger partial charge in [0, 0.05) is 22.2 Å². The van der Waals surface area contributed by atoms with Crippen LogP contribution in [0, 0.1) is 6.92 Å². The smallest absolute Gasteiger partial charge is 0.375 e. The second-order valence-corrected chi connectivity index (χ2v) is 4.26. The Morgan fingerprint density at radius 1 is 1.54 bits per heavy atom. The fourth-order valence-corrected chi connectivity index (χ4v) is 2.10. The van der Waals surface area contributed by atoms with E-state index in [2.05, 4.69) is 4.74 Å². The predicted octanol–water partition coefficient (Wildman–Crippen LogP) is 2.70. The molecule has 0 atom stereocenters. The number of hydrogen-bond acceptors (Lipinski definition) is 5.